The molecule has 0 saturated heterocycles. The Labute approximate surface area is 178 Å². The summed E-state index contributed by atoms with van der Waals surface area (Å²) >= 11 is 1.14. The van der Waals surface area contributed by atoms with Crippen molar-refractivity contribution >= 4 is 39.9 Å². The molecule has 12 heteroatoms. The summed E-state index contributed by atoms with van der Waals surface area (Å²) < 4.78 is 1.24. The number of amides is 3. The molecule has 3 amide bonds. The van der Waals surface area contributed by atoms with E-state index in [1.165, 1.54) is 4.40 Å². The third kappa shape index (κ3) is 3.92. The Balaban J connectivity index is 1.62. The second kappa shape index (κ2) is 8.07. The van der Waals surface area contributed by atoms with Crippen LogP contribution in [-0.2, 0) is 17.8 Å². The molecule has 1 aliphatic heterocycles. The molecule has 3 heterocycles. The van der Waals surface area contributed by atoms with Crippen LogP contribution < -0.4 is 16.2 Å². The van der Waals surface area contributed by atoms with Crippen LogP contribution in [0.4, 0.5) is 10.5 Å². The Morgan fingerprint density at radius 3 is 2.65 bits per heavy atom. The smallest absolute Gasteiger partial charge is 0.322 e. The summed E-state index contributed by atoms with van der Waals surface area (Å²) in [5, 5.41) is 23.6. The Hall–Kier alpha value is -3.93. The van der Waals surface area contributed by atoms with E-state index in [1.54, 1.807) is 17.0 Å². The van der Waals surface area contributed by atoms with Gasteiger partial charge in [-0.3, -0.25) is 18.8 Å². The number of aromatic hydroxyl groups is 1. The predicted molar refractivity (Wildman–Crippen MR) is 111 cm³/mol. The highest BCUT2D eigenvalue weighted by Gasteiger charge is 2.28. The molecule has 31 heavy (non-hydrogen) atoms. The number of hydrogen-bond acceptors (Lipinski definition) is 7. The van der Waals surface area contributed by atoms with Gasteiger partial charge in [0.25, 0.3) is 11.5 Å². The number of benzene rings is 1. The van der Waals surface area contributed by atoms with Crippen LogP contribution in [0.2, 0.25) is 0 Å². The Bertz CT molecular complexity index is 1250. The highest BCUT2D eigenvalue weighted by molar-refractivity contribution is 7.17. The van der Waals surface area contributed by atoms with Gasteiger partial charge in [0.1, 0.15) is 6.54 Å². The van der Waals surface area contributed by atoms with E-state index in [0.29, 0.717) is 29.2 Å². The molecule has 0 aliphatic carbocycles. The molecule has 0 fully saturated rings. The SMILES string of the molecule is O=C(O)CNC(=O)c1c(O)nc2sc3c(n2c1=O)CCN(C(=O)Nc1ccccc1)C3. The number of carbonyl (C=O) groups is 3. The zero-order chi connectivity index (χ0) is 22.1. The van der Waals surface area contributed by atoms with Gasteiger partial charge in [0.2, 0.25) is 10.8 Å². The Morgan fingerprint density at radius 1 is 1.19 bits per heavy atom. The van der Waals surface area contributed by atoms with Gasteiger partial charge in [0, 0.05) is 29.2 Å². The van der Waals surface area contributed by atoms with Crippen LogP contribution in [0.1, 0.15) is 20.9 Å². The summed E-state index contributed by atoms with van der Waals surface area (Å²) in [5.41, 5.74) is -0.142. The first-order chi connectivity index (χ1) is 14.8. The molecule has 0 spiro atoms. The van der Waals surface area contributed by atoms with Crippen molar-refractivity contribution in [1.82, 2.24) is 19.6 Å². The molecule has 0 saturated carbocycles. The summed E-state index contributed by atoms with van der Waals surface area (Å²) in [6, 6.07) is 8.73. The fourth-order valence-electron chi connectivity index (χ4n) is 3.30. The highest BCUT2D eigenvalue weighted by atomic mass is 32.1. The normalized spacial score (nSPS) is 13.0. The van der Waals surface area contributed by atoms with Gasteiger partial charge in [0.15, 0.2) is 5.56 Å². The second-order valence-corrected chi connectivity index (χ2v) is 7.81. The van der Waals surface area contributed by atoms with Crippen LogP contribution in [0, 0.1) is 0 Å². The third-order valence-electron chi connectivity index (χ3n) is 4.73. The lowest BCUT2D eigenvalue weighted by Crippen LogP contribution is -2.39. The fraction of sp³-hybridized carbons (Fsp3) is 0.211. The lowest BCUT2D eigenvalue weighted by molar-refractivity contribution is -0.135. The van der Waals surface area contributed by atoms with Crippen LogP contribution in [0.25, 0.3) is 4.96 Å². The lowest BCUT2D eigenvalue weighted by atomic mass is 10.2. The number of fused-ring (bicyclic) bond motifs is 3. The van der Waals surface area contributed by atoms with Gasteiger partial charge in [-0.05, 0) is 12.1 Å². The van der Waals surface area contributed by atoms with E-state index in [9.17, 15) is 24.3 Å². The topological polar surface area (TPSA) is 153 Å². The van der Waals surface area contributed by atoms with Gasteiger partial charge in [-0.2, -0.15) is 4.98 Å². The quantitative estimate of drug-likeness (QED) is 0.466. The first kappa shape index (κ1) is 20.3. The number of rotatable bonds is 4. The summed E-state index contributed by atoms with van der Waals surface area (Å²) in [7, 11) is 0. The number of hydrogen-bond donors (Lipinski definition) is 4. The molecule has 1 aromatic carbocycles. The third-order valence-corrected chi connectivity index (χ3v) is 5.80. The van der Waals surface area contributed by atoms with Crippen LogP contribution in [0.3, 0.4) is 0 Å². The highest BCUT2D eigenvalue weighted by Crippen LogP contribution is 2.28. The number of carboxylic acids is 1. The number of anilines is 1. The molecule has 3 aromatic rings. The van der Waals surface area contributed by atoms with Crippen LogP contribution in [0.5, 0.6) is 5.88 Å². The van der Waals surface area contributed by atoms with E-state index in [4.69, 9.17) is 5.11 Å². The fourth-order valence-corrected chi connectivity index (χ4v) is 4.47. The average Bonchev–Trinajstić information content (AvgIpc) is 3.10. The number of carboxylic acid groups (broad SMARTS) is 1. The molecule has 0 radical (unpaired) electrons. The van der Waals surface area contributed by atoms with Crippen molar-refractivity contribution in [1.29, 1.82) is 0 Å². The second-order valence-electron chi connectivity index (χ2n) is 6.75. The maximum atomic E-state index is 12.9. The van der Waals surface area contributed by atoms with Gasteiger partial charge in [0.05, 0.1) is 6.54 Å². The van der Waals surface area contributed by atoms with Crippen molar-refractivity contribution in [2.45, 2.75) is 13.0 Å². The molecular formula is C19H17N5O6S. The number of thiazole rings is 1. The van der Waals surface area contributed by atoms with Gasteiger partial charge in [-0.1, -0.05) is 29.5 Å². The molecule has 0 atom stereocenters. The minimum Gasteiger partial charge on any atom is -0.492 e. The zero-order valence-electron chi connectivity index (χ0n) is 16.0. The lowest BCUT2D eigenvalue weighted by Gasteiger charge is -2.26. The van der Waals surface area contributed by atoms with E-state index < -0.39 is 35.4 Å². The van der Waals surface area contributed by atoms with Crippen molar-refractivity contribution in [3.63, 3.8) is 0 Å². The molecule has 160 valence electrons. The van der Waals surface area contributed by atoms with Crippen LogP contribution in [-0.4, -0.2) is 55.5 Å². The number of aliphatic carboxylic acids is 1. The van der Waals surface area contributed by atoms with Crippen molar-refractivity contribution in [2.24, 2.45) is 0 Å². The van der Waals surface area contributed by atoms with Crippen molar-refractivity contribution < 1.29 is 24.6 Å². The first-order valence-corrected chi connectivity index (χ1v) is 10.0. The Kier molecular flexibility index (Phi) is 5.29. The van der Waals surface area contributed by atoms with Crippen molar-refractivity contribution in [2.75, 3.05) is 18.4 Å². The summed E-state index contributed by atoms with van der Waals surface area (Å²) in [6.45, 7) is -0.123. The molecule has 1 aliphatic rings. The predicted octanol–water partition coefficient (Wildman–Crippen LogP) is 0.866. The van der Waals surface area contributed by atoms with E-state index in [-0.39, 0.29) is 17.5 Å². The van der Waals surface area contributed by atoms with Crippen molar-refractivity contribution in [3.8, 4) is 5.88 Å². The maximum Gasteiger partial charge on any atom is 0.322 e. The van der Waals surface area contributed by atoms with Gasteiger partial charge < -0.3 is 25.7 Å². The van der Waals surface area contributed by atoms with E-state index in [2.05, 4.69) is 15.6 Å². The summed E-state index contributed by atoms with van der Waals surface area (Å²) in [6.07, 6.45) is 0.347. The minimum atomic E-state index is -1.29. The molecule has 2 aromatic heterocycles. The van der Waals surface area contributed by atoms with E-state index in [1.807, 2.05) is 18.2 Å². The standard InChI is InChI=1S/C19H17N5O6S/c25-13(26)8-20-15(27)14-16(28)22-19-24(17(14)29)11-6-7-23(9-12(11)31-19)18(30)21-10-4-2-1-3-5-10/h1-5,28H,6-9H2,(H,20,27)(H,21,30)(H,25,26). The number of aromatic nitrogens is 2. The first-order valence-electron chi connectivity index (χ1n) is 9.22. The largest absolute Gasteiger partial charge is 0.492 e. The van der Waals surface area contributed by atoms with Gasteiger partial charge >= 0.3 is 12.0 Å². The number of carbonyl (C=O) groups excluding carboxylic acids is 2. The number of urea groups is 1. The van der Waals surface area contributed by atoms with E-state index >= 15 is 0 Å². The number of nitrogens with zero attached hydrogens (tertiary/aromatic N) is 3. The number of nitrogens with one attached hydrogen (secondary N) is 2. The Morgan fingerprint density at radius 2 is 1.94 bits per heavy atom. The number of para-hydroxylation sites is 1. The summed E-state index contributed by atoms with van der Waals surface area (Å²) in [4.78, 5) is 54.8. The van der Waals surface area contributed by atoms with Crippen LogP contribution in [0.15, 0.2) is 35.1 Å². The molecule has 0 unspecified atom stereocenters. The molecule has 4 N–H and O–H groups in total. The van der Waals surface area contributed by atoms with Crippen LogP contribution >= 0.6 is 11.3 Å². The minimum absolute atomic E-state index is 0.188. The summed E-state index contributed by atoms with van der Waals surface area (Å²) in [5.74, 6) is -3.08. The van der Waals surface area contributed by atoms with E-state index in [0.717, 1.165) is 11.3 Å². The molecule has 0 bridgehead atoms. The van der Waals surface area contributed by atoms with Gasteiger partial charge in [-0.15, -0.1) is 0 Å². The zero-order valence-corrected chi connectivity index (χ0v) is 16.8. The molecular weight excluding hydrogens is 426 g/mol. The van der Waals surface area contributed by atoms with Gasteiger partial charge in [-0.25, -0.2) is 4.79 Å². The molecule has 4 rings (SSSR count). The van der Waals surface area contributed by atoms with Crippen molar-refractivity contribution in [3.05, 3.63) is 56.8 Å². The maximum absolute atomic E-state index is 12.9. The average molecular weight is 443 g/mol. The molecule has 11 nitrogen and oxygen atoms in total. The monoisotopic (exact) mass is 443 g/mol.